The molecule has 0 bridgehead atoms. The lowest BCUT2D eigenvalue weighted by atomic mass is 10.0. The van der Waals surface area contributed by atoms with Crippen molar-refractivity contribution in [3.8, 4) is 0 Å². The number of nitrogens with one attached hydrogen (secondary N) is 2. The van der Waals surface area contributed by atoms with Gasteiger partial charge in [-0.1, -0.05) is 26.0 Å². The molecular formula is C22H28N4O3. The number of carbonyl (C=O) groups is 2. The first-order valence-corrected chi connectivity index (χ1v) is 9.95. The van der Waals surface area contributed by atoms with Crippen molar-refractivity contribution in [3.63, 3.8) is 0 Å². The van der Waals surface area contributed by atoms with Crippen molar-refractivity contribution in [1.82, 2.24) is 15.2 Å². The molecule has 1 aromatic carbocycles. The molecule has 0 unspecified atom stereocenters. The lowest BCUT2D eigenvalue weighted by molar-refractivity contribution is 0.00551. The third-order valence-electron chi connectivity index (χ3n) is 4.80. The molecule has 0 saturated carbocycles. The lowest BCUT2D eigenvalue weighted by Crippen LogP contribution is -2.52. The first-order valence-electron chi connectivity index (χ1n) is 9.95. The zero-order chi connectivity index (χ0) is 20.6. The normalized spacial score (nSPS) is 16.5. The minimum absolute atomic E-state index is 0.0785. The van der Waals surface area contributed by atoms with E-state index in [0.717, 1.165) is 12.0 Å². The first-order chi connectivity index (χ1) is 14.0. The maximum Gasteiger partial charge on any atom is 0.318 e. The van der Waals surface area contributed by atoms with Crippen LogP contribution in [0.1, 0.15) is 36.2 Å². The summed E-state index contributed by atoms with van der Waals surface area (Å²) < 4.78 is 5.55. The fourth-order valence-electron chi connectivity index (χ4n) is 3.41. The Balaban J connectivity index is 1.57. The van der Waals surface area contributed by atoms with Crippen LogP contribution in [0.5, 0.6) is 0 Å². The van der Waals surface area contributed by atoms with Gasteiger partial charge in [-0.3, -0.25) is 9.78 Å². The van der Waals surface area contributed by atoms with E-state index in [1.807, 2.05) is 29.2 Å². The third-order valence-corrected chi connectivity index (χ3v) is 4.80. The summed E-state index contributed by atoms with van der Waals surface area (Å²) in [6.45, 7) is 6.45. The molecule has 2 heterocycles. The minimum Gasteiger partial charge on any atom is -0.377 e. The minimum atomic E-state index is -0.196. The van der Waals surface area contributed by atoms with E-state index in [1.54, 1.807) is 24.5 Å². The lowest BCUT2D eigenvalue weighted by Gasteiger charge is -2.36. The van der Waals surface area contributed by atoms with Crippen molar-refractivity contribution >= 4 is 17.6 Å². The fraction of sp³-hybridized carbons (Fsp3) is 0.409. The number of hydrogen-bond acceptors (Lipinski definition) is 4. The van der Waals surface area contributed by atoms with Crippen LogP contribution in [0, 0.1) is 5.92 Å². The Hall–Kier alpha value is -2.93. The van der Waals surface area contributed by atoms with Gasteiger partial charge in [-0.05, 0) is 42.2 Å². The number of ether oxygens (including phenoxy) is 1. The molecule has 0 radical (unpaired) electrons. The number of benzene rings is 1. The van der Waals surface area contributed by atoms with Crippen LogP contribution in [0.25, 0.3) is 0 Å². The zero-order valence-electron chi connectivity index (χ0n) is 16.9. The molecule has 1 atom stereocenters. The average Bonchev–Trinajstić information content (AvgIpc) is 2.73. The SMILES string of the molecule is CC(C)C[C@H]1COCCN1C(=O)NCc1cccc(NC(=O)c2ccncc2)c1. The number of amides is 3. The number of hydrogen-bond donors (Lipinski definition) is 2. The van der Waals surface area contributed by atoms with Crippen LogP contribution in [-0.4, -0.2) is 47.6 Å². The highest BCUT2D eigenvalue weighted by molar-refractivity contribution is 6.04. The molecule has 7 nitrogen and oxygen atoms in total. The Kier molecular flexibility index (Phi) is 7.19. The number of pyridine rings is 1. The standard InChI is InChI=1S/C22H28N4O3/c1-16(2)12-20-15-29-11-10-26(20)22(28)24-14-17-4-3-5-19(13-17)25-21(27)18-6-8-23-9-7-18/h3-9,13,16,20H,10-12,14-15H2,1-2H3,(H,24,28)(H,25,27)/t20-/m0/s1. The molecule has 1 saturated heterocycles. The van der Waals surface area contributed by atoms with Crippen LogP contribution in [-0.2, 0) is 11.3 Å². The van der Waals surface area contributed by atoms with Crippen molar-refractivity contribution in [1.29, 1.82) is 0 Å². The largest absolute Gasteiger partial charge is 0.377 e. The Morgan fingerprint density at radius 1 is 1.24 bits per heavy atom. The first kappa shape index (κ1) is 20.8. The molecule has 29 heavy (non-hydrogen) atoms. The highest BCUT2D eigenvalue weighted by Gasteiger charge is 2.27. The summed E-state index contributed by atoms with van der Waals surface area (Å²) in [5, 5.41) is 5.87. The molecule has 7 heteroatoms. The zero-order valence-corrected chi connectivity index (χ0v) is 16.9. The van der Waals surface area contributed by atoms with E-state index in [0.29, 0.717) is 43.5 Å². The smallest absolute Gasteiger partial charge is 0.318 e. The molecule has 1 aromatic heterocycles. The summed E-state index contributed by atoms with van der Waals surface area (Å²) in [5.74, 6) is 0.302. The molecule has 0 aliphatic carbocycles. The predicted octanol–water partition coefficient (Wildman–Crippen LogP) is 3.29. The fourth-order valence-corrected chi connectivity index (χ4v) is 3.41. The molecule has 3 rings (SSSR count). The van der Waals surface area contributed by atoms with Gasteiger partial charge in [0.25, 0.3) is 5.91 Å². The van der Waals surface area contributed by atoms with E-state index >= 15 is 0 Å². The van der Waals surface area contributed by atoms with Crippen LogP contribution >= 0.6 is 0 Å². The van der Waals surface area contributed by atoms with E-state index in [2.05, 4.69) is 29.5 Å². The number of carbonyl (C=O) groups excluding carboxylic acids is 2. The Bertz CT molecular complexity index is 826. The van der Waals surface area contributed by atoms with E-state index in [9.17, 15) is 9.59 Å². The second kappa shape index (κ2) is 10.0. The van der Waals surface area contributed by atoms with Gasteiger partial charge >= 0.3 is 6.03 Å². The van der Waals surface area contributed by atoms with Gasteiger partial charge in [0.15, 0.2) is 0 Å². The summed E-state index contributed by atoms with van der Waals surface area (Å²) in [5.41, 5.74) is 2.14. The van der Waals surface area contributed by atoms with E-state index < -0.39 is 0 Å². The quantitative estimate of drug-likeness (QED) is 0.785. The van der Waals surface area contributed by atoms with Crippen molar-refractivity contribution in [2.75, 3.05) is 25.1 Å². The van der Waals surface area contributed by atoms with Crippen molar-refractivity contribution in [2.24, 2.45) is 5.92 Å². The molecule has 1 aliphatic rings. The Morgan fingerprint density at radius 3 is 2.79 bits per heavy atom. The van der Waals surface area contributed by atoms with Crippen molar-refractivity contribution < 1.29 is 14.3 Å². The molecule has 2 aromatic rings. The summed E-state index contributed by atoms with van der Waals surface area (Å²) in [6.07, 6.45) is 4.09. The molecule has 0 spiro atoms. The predicted molar refractivity (Wildman–Crippen MR) is 112 cm³/mol. The summed E-state index contributed by atoms with van der Waals surface area (Å²) in [6, 6.07) is 10.8. The average molecular weight is 396 g/mol. The highest BCUT2D eigenvalue weighted by Crippen LogP contribution is 2.16. The maximum atomic E-state index is 12.7. The van der Waals surface area contributed by atoms with Crippen molar-refractivity contribution in [2.45, 2.75) is 32.9 Å². The van der Waals surface area contributed by atoms with Gasteiger partial charge in [0, 0.05) is 36.7 Å². The number of aromatic nitrogens is 1. The summed E-state index contributed by atoms with van der Waals surface area (Å²) in [4.78, 5) is 30.8. The second-order valence-corrected chi connectivity index (χ2v) is 7.60. The third kappa shape index (κ3) is 6.02. The summed E-state index contributed by atoms with van der Waals surface area (Å²) in [7, 11) is 0. The number of anilines is 1. The Morgan fingerprint density at radius 2 is 2.03 bits per heavy atom. The van der Waals surface area contributed by atoms with Gasteiger partial charge < -0.3 is 20.3 Å². The molecule has 1 aliphatic heterocycles. The molecule has 1 fully saturated rings. The maximum absolute atomic E-state index is 12.7. The number of urea groups is 1. The van der Waals surface area contributed by atoms with Gasteiger partial charge in [0.1, 0.15) is 0 Å². The number of morpholine rings is 1. The van der Waals surface area contributed by atoms with E-state index in [1.165, 1.54) is 0 Å². The molecule has 2 N–H and O–H groups in total. The monoisotopic (exact) mass is 396 g/mol. The number of rotatable bonds is 6. The van der Waals surface area contributed by atoms with Gasteiger partial charge in [0.05, 0.1) is 19.3 Å². The van der Waals surface area contributed by atoms with Gasteiger partial charge in [0.2, 0.25) is 0 Å². The van der Waals surface area contributed by atoms with Crippen LogP contribution in [0.3, 0.4) is 0 Å². The molecular weight excluding hydrogens is 368 g/mol. The van der Waals surface area contributed by atoms with Gasteiger partial charge in [-0.2, -0.15) is 0 Å². The Labute approximate surface area is 171 Å². The van der Waals surface area contributed by atoms with Gasteiger partial charge in [-0.25, -0.2) is 4.79 Å². The van der Waals surface area contributed by atoms with Crippen LogP contribution < -0.4 is 10.6 Å². The summed E-state index contributed by atoms with van der Waals surface area (Å²) >= 11 is 0. The van der Waals surface area contributed by atoms with E-state index in [-0.39, 0.29) is 18.0 Å². The van der Waals surface area contributed by atoms with Crippen LogP contribution in [0.4, 0.5) is 10.5 Å². The van der Waals surface area contributed by atoms with Crippen LogP contribution in [0.2, 0.25) is 0 Å². The number of nitrogens with zero attached hydrogens (tertiary/aromatic N) is 2. The molecule has 154 valence electrons. The van der Waals surface area contributed by atoms with E-state index in [4.69, 9.17) is 4.74 Å². The topological polar surface area (TPSA) is 83.6 Å². The van der Waals surface area contributed by atoms with Crippen LogP contribution in [0.15, 0.2) is 48.8 Å². The molecule has 3 amide bonds. The van der Waals surface area contributed by atoms with Crippen molar-refractivity contribution in [3.05, 3.63) is 59.9 Å². The highest BCUT2D eigenvalue weighted by atomic mass is 16.5. The van der Waals surface area contributed by atoms with Gasteiger partial charge in [-0.15, -0.1) is 0 Å². The second-order valence-electron chi connectivity index (χ2n) is 7.60.